The van der Waals surface area contributed by atoms with Gasteiger partial charge in [0.05, 0.1) is 28.7 Å². The minimum atomic E-state index is -3.15. The number of carbonyl (C=O) groups excluding carboxylic acids is 1. The number of thiocarbonyl (C=S) groups is 1. The monoisotopic (exact) mass is 316 g/mol. The smallest absolute Gasteiger partial charge is 0.228 e. The van der Waals surface area contributed by atoms with Crippen molar-refractivity contribution in [2.75, 3.05) is 16.8 Å². The molecule has 3 N–H and O–H groups in total. The lowest BCUT2D eigenvalue weighted by Gasteiger charge is -2.13. The van der Waals surface area contributed by atoms with Gasteiger partial charge in [0.15, 0.2) is 9.84 Å². The van der Waals surface area contributed by atoms with Crippen LogP contribution in [-0.4, -0.2) is 30.8 Å². The van der Waals surface area contributed by atoms with Gasteiger partial charge in [-0.1, -0.05) is 18.3 Å². The van der Waals surface area contributed by atoms with Crippen molar-refractivity contribution in [3.63, 3.8) is 0 Å². The maximum Gasteiger partial charge on any atom is 0.228 e. The highest BCUT2D eigenvalue weighted by molar-refractivity contribution is 7.91. The number of carbonyl (C=O) groups is 1. The van der Waals surface area contributed by atoms with Gasteiger partial charge in [0, 0.05) is 0 Å². The van der Waals surface area contributed by atoms with Crippen LogP contribution in [0.15, 0.2) is 18.2 Å². The molecule has 1 heterocycles. The van der Waals surface area contributed by atoms with E-state index in [9.17, 15) is 17.6 Å². The van der Waals surface area contributed by atoms with Crippen LogP contribution in [-0.2, 0) is 14.6 Å². The van der Waals surface area contributed by atoms with Crippen LogP contribution in [0.1, 0.15) is 12.0 Å². The van der Waals surface area contributed by atoms with Crippen molar-refractivity contribution in [2.24, 2.45) is 11.7 Å². The van der Waals surface area contributed by atoms with E-state index < -0.39 is 27.5 Å². The predicted molar refractivity (Wildman–Crippen MR) is 77.7 cm³/mol. The van der Waals surface area contributed by atoms with E-state index in [1.165, 1.54) is 18.2 Å². The number of amides is 1. The molecule has 5 nitrogen and oxygen atoms in total. The number of halogens is 1. The maximum absolute atomic E-state index is 13.6. The van der Waals surface area contributed by atoms with E-state index >= 15 is 0 Å². The van der Waals surface area contributed by atoms with Crippen LogP contribution in [0.3, 0.4) is 0 Å². The molecule has 108 valence electrons. The van der Waals surface area contributed by atoms with Gasteiger partial charge in [-0.2, -0.15) is 0 Å². The van der Waals surface area contributed by atoms with E-state index in [1.54, 1.807) is 0 Å². The van der Waals surface area contributed by atoms with E-state index in [2.05, 4.69) is 5.32 Å². The molecular formula is C12H13FN2O3S2. The number of nitrogens with one attached hydrogen (secondary N) is 1. The lowest BCUT2D eigenvalue weighted by Crippen LogP contribution is -2.25. The molecular weight excluding hydrogens is 303 g/mol. The van der Waals surface area contributed by atoms with E-state index in [0.29, 0.717) is 0 Å². The second kappa shape index (κ2) is 5.45. The summed E-state index contributed by atoms with van der Waals surface area (Å²) < 4.78 is 36.3. The van der Waals surface area contributed by atoms with Gasteiger partial charge in [0.25, 0.3) is 0 Å². The summed E-state index contributed by atoms with van der Waals surface area (Å²) in [6.45, 7) is 0. The summed E-state index contributed by atoms with van der Waals surface area (Å²) in [6.07, 6.45) is 0.270. The molecule has 1 aromatic carbocycles. The van der Waals surface area contributed by atoms with Gasteiger partial charge >= 0.3 is 0 Å². The molecule has 1 fully saturated rings. The van der Waals surface area contributed by atoms with E-state index in [1.807, 2.05) is 0 Å². The van der Waals surface area contributed by atoms with Crippen LogP contribution in [0.2, 0.25) is 0 Å². The largest absolute Gasteiger partial charge is 0.389 e. The Morgan fingerprint density at radius 2 is 2.15 bits per heavy atom. The summed E-state index contributed by atoms with van der Waals surface area (Å²) in [5, 5.41) is 2.50. The molecule has 1 aliphatic heterocycles. The summed E-state index contributed by atoms with van der Waals surface area (Å²) in [6, 6.07) is 4.07. The Kier molecular flexibility index (Phi) is 4.05. The number of hydrogen-bond donors (Lipinski definition) is 2. The van der Waals surface area contributed by atoms with Gasteiger partial charge in [-0.05, 0) is 18.6 Å². The van der Waals surface area contributed by atoms with Crippen molar-refractivity contribution >= 4 is 38.6 Å². The van der Waals surface area contributed by atoms with Gasteiger partial charge in [-0.15, -0.1) is 0 Å². The zero-order valence-electron chi connectivity index (χ0n) is 10.4. The third-order valence-corrected chi connectivity index (χ3v) is 5.09. The highest BCUT2D eigenvalue weighted by Gasteiger charge is 2.33. The van der Waals surface area contributed by atoms with Crippen molar-refractivity contribution in [3.8, 4) is 0 Å². The van der Waals surface area contributed by atoms with Crippen molar-refractivity contribution in [3.05, 3.63) is 29.6 Å². The summed E-state index contributed by atoms with van der Waals surface area (Å²) in [7, 11) is -3.15. The molecule has 0 bridgehead atoms. The van der Waals surface area contributed by atoms with Crippen LogP contribution in [0.25, 0.3) is 0 Å². The lowest BCUT2D eigenvalue weighted by atomic mass is 10.1. The van der Waals surface area contributed by atoms with E-state index in [0.717, 1.165) is 0 Å². The molecule has 1 saturated heterocycles. The fourth-order valence-electron chi connectivity index (χ4n) is 2.12. The van der Waals surface area contributed by atoms with Gasteiger partial charge in [-0.3, -0.25) is 4.79 Å². The number of sulfone groups is 1. The summed E-state index contributed by atoms with van der Waals surface area (Å²) >= 11 is 4.75. The van der Waals surface area contributed by atoms with Crippen molar-refractivity contribution in [1.82, 2.24) is 0 Å². The molecule has 20 heavy (non-hydrogen) atoms. The molecule has 0 saturated carbocycles. The summed E-state index contributed by atoms with van der Waals surface area (Å²) in [4.78, 5) is 11.8. The zero-order valence-corrected chi connectivity index (χ0v) is 12.1. The molecule has 0 spiro atoms. The Labute approximate surface area is 121 Å². The van der Waals surface area contributed by atoms with E-state index in [-0.39, 0.29) is 34.2 Å². The second-order valence-electron chi connectivity index (χ2n) is 4.62. The highest BCUT2D eigenvalue weighted by atomic mass is 32.2. The Balaban J connectivity index is 2.21. The van der Waals surface area contributed by atoms with Gasteiger partial charge in [0.1, 0.15) is 10.8 Å². The number of rotatable bonds is 3. The number of anilines is 1. The first-order valence-electron chi connectivity index (χ1n) is 5.90. The van der Waals surface area contributed by atoms with Gasteiger partial charge in [0.2, 0.25) is 5.91 Å². The van der Waals surface area contributed by atoms with Crippen LogP contribution < -0.4 is 11.1 Å². The first kappa shape index (κ1) is 14.9. The first-order valence-corrected chi connectivity index (χ1v) is 8.13. The lowest BCUT2D eigenvalue weighted by molar-refractivity contribution is -0.119. The Hall–Kier alpha value is -1.54. The number of hydrogen-bond acceptors (Lipinski definition) is 4. The Morgan fingerprint density at radius 1 is 1.45 bits per heavy atom. The molecule has 0 radical (unpaired) electrons. The fraction of sp³-hybridized carbons (Fsp3) is 0.333. The standard InChI is InChI=1S/C12H13FN2O3S2/c13-8-2-1-3-9(10(8)11(14)19)15-12(16)7-4-5-20(17,18)6-7/h1-3,7H,4-6H2,(H2,14,19)(H,15,16). The molecule has 0 aromatic heterocycles. The molecule has 0 aliphatic carbocycles. The topological polar surface area (TPSA) is 89.3 Å². The second-order valence-corrected chi connectivity index (χ2v) is 7.28. The van der Waals surface area contributed by atoms with Crippen LogP contribution in [0.4, 0.5) is 10.1 Å². The van der Waals surface area contributed by atoms with Crippen LogP contribution in [0, 0.1) is 11.7 Å². The maximum atomic E-state index is 13.6. The summed E-state index contributed by atoms with van der Waals surface area (Å²) in [5.74, 6) is -1.90. The van der Waals surface area contributed by atoms with Crippen LogP contribution in [0.5, 0.6) is 0 Å². The Bertz CT molecular complexity index is 673. The molecule has 1 aliphatic rings. The molecule has 1 unspecified atom stereocenters. The quantitative estimate of drug-likeness (QED) is 0.806. The van der Waals surface area contributed by atoms with Gasteiger partial charge < -0.3 is 11.1 Å². The molecule has 1 atom stereocenters. The number of nitrogens with two attached hydrogens (primary N) is 1. The normalized spacial score (nSPS) is 20.6. The predicted octanol–water partition coefficient (Wildman–Crippen LogP) is 0.833. The van der Waals surface area contributed by atoms with Crippen LogP contribution >= 0.6 is 12.2 Å². The fourth-order valence-corrected chi connectivity index (χ4v) is 4.06. The van der Waals surface area contributed by atoms with Crippen molar-refractivity contribution in [2.45, 2.75) is 6.42 Å². The Morgan fingerprint density at radius 3 is 2.70 bits per heavy atom. The average molecular weight is 316 g/mol. The first-order chi connectivity index (χ1) is 9.30. The third-order valence-electron chi connectivity index (χ3n) is 3.12. The molecule has 8 heteroatoms. The zero-order chi connectivity index (χ0) is 14.9. The summed E-state index contributed by atoms with van der Waals surface area (Å²) in [5.41, 5.74) is 5.55. The highest BCUT2D eigenvalue weighted by Crippen LogP contribution is 2.23. The third kappa shape index (κ3) is 3.13. The SMILES string of the molecule is NC(=S)c1c(F)cccc1NC(=O)C1CCS(=O)(=O)C1. The van der Waals surface area contributed by atoms with Gasteiger partial charge in [-0.25, -0.2) is 12.8 Å². The minimum Gasteiger partial charge on any atom is -0.389 e. The van der Waals surface area contributed by atoms with E-state index in [4.69, 9.17) is 18.0 Å². The average Bonchev–Trinajstić information content (AvgIpc) is 2.69. The van der Waals surface area contributed by atoms with Crippen molar-refractivity contribution < 1.29 is 17.6 Å². The molecule has 1 amide bonds. The minimum absolute atomic E-state index is 0.00358. The van der Waals surface area contributed by atoms with Crippen molar-refractivity contribution in [1.29, 1.82) is 0 Å². The molecule has 2 rings (SSSR count). The number of benzene rings is 1. The molecule has 1 aromatic rings.